The second-order valence-electron chi connectivity index (χ2n) is 6.47. The van der Waals surface area contributed by atoms with Crippen molar-refractivity contribution in [1.29, 1.82) is 0 Å². The van der Waals surface area contributed by atoms with Gasteiger partial charge in [0, 0.05) is 0 Å². The Hall–Kier alpha value is -0.613. The summed E-state index contributed by atoms with van der Waals surface area (Å²) in [5.74, 6) is -0.444. The van der Waals surface area contributed by atoms with Crippen molar-refractivity contribution < 1.29 is 14.0 Å². The molecule has 0 aromatic rings. The summed E-state index contributed by atoms with van der Waals surface area (Å²) in [5, 5.41) is 0.134. The first kappa shape index (κ1) is 18.4. The summed E-state index contributed by atoms with van der Waals surface area (Å²) in [6.45, 7) is 18.9. The van der Waals surface area contributed by atoms with E-state index < -0.39 is 8.32 Å². The van der Waals surface area contributed by atoms with E-state index in [0.717, 1.165) is 0 Å². The summed E-state index contributed by atoms with van der Waals surface area (Å²) < 4.78 is 11.4. The first-order valence-corrected chi connectivity index (χ1v) is 9.93. The van der Waals surface area contributed by atoms with Gasteiger partial charge in [-0.3, -0.25) is 4.79 Å². The maximum Gasteiger partial charge on any atom is 0.311 e. The van der Waals surface area contributed by atoms with Gasteiger partial charge < -0.3 is 9.16 Å². The molecular weight excluding hydrogens is 256 g/mol. The zero-order valence-electron chi connectivity index (χ0n) is 13.6. The monoisotopic (exact) mass is 286 g/mol. The van der Waals surface area contributed by atoms with Crippen LogP contribution in [0, 0.1) is 5.92 Å². The van der Waals surface area contributed by atoms with Crippen LogP contribution in [0.1, 0.15) is 41.0 Å². The van der Waals surface area contributed by atoms with Gasteiger partial charge in [-0.15, -0.1) is 6.58 Å². The highest BCUT2D eigenvalue weighted by Crippen LogP contribution is 2.38. The third-order valence-corrected chi connectivity index (χ3v) is 8.44. The molecule has 4 heteroatoms. The average molecular weight is 286 g/mol. The Bertz CT molecular complexity index is 305. The summed E-state index contributed by atoms with van der Waals surface area (Å²) >= 11 is 0. The Morgan fingerprint density at radius 1 is 1.37 bits per heavy atom. The van der Waals surface area contributed by atoms with Crippen LogP contribution in [-0.2, 0) is 14.0 Å². The minimum atomic E-state index is -1.87. The van der Waals surface area contributed by atoms with E-state index in [0.29, 0.717) is 13.0 Å². The van der Waals surface area contributed by atoms with Crippen LogP contribution >= 0.6 is 0 Å². The summed E-state index contributed by atoms with van der Waals surface area (Å²) in [6.07, 6.45) is 2.21. The summed E-state index contributed by atoms with van der Waals surface area (Å²) in [4.78, 5) is 12.0. The molecule has 0 rings (SSSR count). The standard InChI is InChI=1S/C15H30O3Si/c1-9-11-13(14(16)17-10-2)12(3)18-19(7,8)15(4,5)6/h9,12-13H,1,10-11H2,2-8H3/t12-,13+/m1/s1. The molecule has 0 N–H and O–H groups in total. The number of hydrogen-bond donors (Lipinski definition) is 0. The van der Waals surface area contributed by atoms with Crippen LogP contribution in [-0.4, -0.2) is 27.0 Å². The maximum atomic E-state index is 12.0. The van der Waals surface area contributed by atoms with E-state index in [4.69, 9.17) is 9.16 Å². The zero-order chi connectivity index (χ0) is 15.3. The van der Waals surface area contributed by atoms with Crippen molar-refractivity contribution in [2.75, 3.05) is 6.61 Å². The van der Waals surface area contributed by atoms with Gasteiger partial charge in [-0.05, 0) is 38.4 Å². The number of hydrogen-bond acceptors (Lipinski definition) is 3. The van der Waals surface area contributed by atoms with Crippen LogP contribution in [0.15, 0.2) is 12.7 Å². The SMILES string of the molecule is C=CC[C@H](C(=O)OCC)[C@@H](C)O[Si](C)(C)C(C)(C)C. The highest BCUT2D eigenvalue weighted by molar-refractivity contribution is 6.74. The number of ether oxygens (including phenoxy) is 1. The Balaban J connectivity index is 4.87. The van der Waals surface area contributed by atoms with Gasteiger partial charge in [0.05, 0.1) is 18.6 Å². The van der Waals surface area contributed by atoms with E-state index in [-0.39, 0.29) is 23.0 Å². The molecule has 0 aromatic carbocycles. The third kappa shape index (κ3) is 5.49. The molecule has 0 aliphatic carbocycles. The number of carbonyl (C=O) groups is 1. The Morgan fingerprint density at radius 3 is 2.26 bits per heavy atom. The van der Waals surface area contributed by atoms with Crippen LogP contribution in [0.5, 0.6) is 0 Å². The van der Waals surface area contributed by atoms with Gasteiger partial charge in [-0.1, -0.05) is 26.8 Å². The van der Waals surface area contributed by atoms with Crippen molar-refractivity contribution in [2.45, 2.75) is 65.3 Å². The molecule has 0 saturated heterocycles. The van der Waals surface area contributed by atoms with Crippen molar-refractivity contribution in [2.24, 2.45) is 5.92 Å². The predicted octanol–water partition coefficient (Wildman–Crippen LogP) is 4.15. The van der Waals surface area contributed by atoms with E-state index in [1.165, 1.54) is 0 Å². The lowest BCUT2D eigenvalue weighted by molar-refractivity contribution is -0.151. The minimum Gasteiger partial charge on any atom is -0.466 e. The van der Waals surface area contributed by atoms with E-state index in [2.05, 4.69) is 40.4 Å². The molecule has 0 saturated carbocycles. The zero-order valence-corrected chi connectivity index (χ0v) is 14.6. The summed E-state index contributed by atoms with van der Waals surface area (Å²) in [5.41, 5.74) is 0. The molecule has 0 fully saturated rings. The Morgan fingerprint density at radius 2 is 1.89 bits per heavy atom. The summed E-state index contributed by atoms with van der Waals surface area (Å²) in [7, 11) is -1.87. The lowest BCUT2D eigenvalue weighted by Crippen LogP contribution is -2.46. The second-order valence-corrected chi connectivity index (χ2v) is 11.2. The van der Waals surface area contributed by atoms with Crippen molar-refractivity contribution >= 4 is 14.3 Å². The fourth-order valence-electron chi connectivity index (χ4n) is 1.63. The molecule has 3 nitrogen and oxygen atoms in total. The fourth-order valence-corrected chi connectivity index (χ4v) is 3.08. The number of carbonyl (C=O) groups excluding carboxylic acids is 1. The molecular formula is C15H30O3Si. The van der Waals surface area contributed by atoms with Crippen molar-refractivity contribution in [3.63, 3.8) is 0 Å². The lowest BCUT2D eigenvalue weighted by Gasteiger charge is -2.39. The molecule has 2 atom stereocenters. The molecule has 0 radical (unpaired) electrons. The first-order chi connectivity index (χ1) is 8.56. The van der Waals surface area contributed by atoms with Crippen molar-refractivity contribution in [1.82, 2.24) is 0 Å². The number of rotatable bonds is 7. The molecule has 0 heterocycles. The Labute approximate surface area is 119 Å². The van der Waals surface area contributed by atoms with Gasteiger partial charge in [0.25, 0.3) is 0 Å². The van der Waals surface area contributed by atoms with E-state index >= 15 is 0 Å². The van der Waals surface area contributed by atoms with Gasteiger partial charge in [0.2, 0.25) is 0 Å². The predicted molar refractivity (Wildman–Crippen MR) is 82.7 cm³/mol. The molecule has 19 heavy (non-hydrogen) atoms. The van der Waals surface area contributed by atoms with Crippen LogP contribution in [0.25, 0.3) is 0 Å². The molecule has 0 amide bonds. The fraction of sp³-hybridized carbons (Fsp3) is 0.800. The lowest BCUT2D eigenvalue weighted by atomic mass is 10.0. The average Bonchev–Trinajstić information content (AvgIpc) is 2.23. The van der Waals surface area contributed by atoms with E-state index in [9.17, 15) is 4.79 Å². The molecule has 0 spiro atoms. The highest BCUT2D eigenvalue weighted by Gasteiger charge is 2.40. The first-order valence-electron chi connectivity index (χ1n) is 7.02. The van der Waals surface area contributed by atoms with Crippen LogP contribution in [0.2, 0.25) is 18.1 Å². The van der Waals surface area contributed by atoms with Gasteiger partial charge in [-0.2, -0.15) is 0 Å². The molecule has 0 aliphatic rings. The van der Waals surface area contributed by atoms with Gasteiger partial charge in [0.15, 0.2) is 8.32 Å². The van der Waals surface area contributed by atoms with Crippen molar-refractivity contribution in [3.8, 4) is 0 Å². The van der Waals surface area contributed by atoms with Gasteiger partial charge >= 0.3 is 5.97 Å². The maximum absolute atomic E-state index is 12.0. The van der Waals surface area contributed by atoms with Crippen LogP contribution in [0.3, 0.4) is 0 Å². The quantitative estimate of drug-likeness (QED) is 0.400. The third-order valence-electron chi connectivity index (χ3n) is 3.86. The number of allylic oxidation sites excluding steroid dienone is 1. The highest BCUT2D eigenvalue weighted by atomic mass is 28.4. The van der Waals surface area contributed by atoms with Gasteiger partial charge in [-0.25, -0.2) is 0 Å². The summed E-state index contributed by atoms with van der Waals surface area (Å²) in [6, 6.07) is 0. The molecule has 0 aliphatic heterocycles. The molecule has 0 aromatic heterocycles. The van der Waals surface area contributed by atoms with Crippen molar-refractivity contribution in [3.05, 3.63) is 12.7 Å². The van der Waals surface area contributed by atoms with E-state index in [1.54, 1.807) is 6.08 Å². The minimum absolute atomic E-state index is 0.134. The van der Waals surface area contributed by atoms with Crippen LogP contribution in [0.4, 0.5) is 0 Å². The number of esters is 1. The van der Waals surface area contributed by atoms with Gasteiger partial charge in [0.1, 0.15) is 0 Å². The van der Waals surface area contributed by atoms with E-state index in [1.807, 2.05) is 13.8 Å². The normalized spacial score (nSPS) is 15.7. The molecule has 0 bridgehead atoms. The molecule has 0 unspecified atom stereocenters. The Kier molecular flexibility index (Phi) is 7.01. The molecule has 112 valence electrons. The van der Waals surface area contributed by atoms with Crippen LogP contribution < -0.4 is 0 Å². The smallest absolute Gasteiger partial charge is 0.311 e. The largest absolute Gasteiger partial charge is 0.466 e. The second kappa shape index (κ2) is 7.24. The topological polar surface area (TPSA) is 35.5 Å².